The van der Waals surface area contributed by atoms with Gasteiger partial charge >= 0.3 is 5.97 Å². The van der Waals surface area contributed by atoms with Crippen molar-refractivity contribution in [2.45, 2.75) is 315 Å². The number of unbranched alkanes of at least 4 members (excludes halogenated alkanes) is 35. The quantitative estimate of drug-likeness (QED) is 0.0322. The molecule has 60 heavy (non-hydrogen) atoms. The lowest BCUT2D eigenvalue weighted by Gasteiger charge is -2.24. The van der Waals surface area contributed by atoms with Crippen LogP contribution in [0, 0.1) is 0 Å². The largest absolute Gasteiger partial charge is 0.462 e. The molecule has 3 atom stereocenters. The Morgan fingerprint density at radius 3 is 1.23 bits per heavy atom. The van der Waals surface area contributed by atoms with Crippen LogP contribution < -0.4 is 5.32 Å². The zero-order valence-electron chi connectivity index (χ0n) is 40.6. The van der Waals surface area contributed by atoms with Gasteiger partial charge in [0.25, 0.3) is 0 Å². The van der Waals surface area contributed by atoms with E-state index in [1.54, 1.807) is 0 Å². The van der Waals surface area contributed by atoms with Gasteiger partial charge in [-0.2, -0.15) is 0 Å². The summed E-state index contributed by atoms with van der Waals surface area (Å²) in [5.74, 6) is -0.474. The third-order valence-electron chi connectivity index (χ3n) is 12.6. The summed E-state index contributed by atoms with van der Waals surface area (Å²) in [6.45, 7) is 6.46. The van der Waals surface area contributed by atoms with Crippen molar-refractivity contribution in [1.82, 2.24) is 5.32 Å². The van der Waals surface area contributed by atoms with Crippen LogP contribution in [0.3, 0.4) is 0 Å². The highest BCUT2D eigenvalue weighted by atomic mass is 16.5. The average molecular weight is 848 g/mol. The molecule has 6 heteroatoms. The van der Waals surface area contributed by atoms with E-state index in [0.717, 1.165) is 64.2 Å². The summed E-state index contributed by atoms with van der Waals surface area (Å²) >= 11 is 0. The minimum Gasteiger partial charge on any atom is -0.462 e. The van der Waals surface area contributed by atoms with E-state index in [1.807, 2.05) is 0 Å². The van der Waals surface area contributed by atoms with E-state index >= 15 is 0 Å². The van der Waals surface area contributed by atoms with Crippen molar-refractivity contribution >= 4 is 11.9 Å². The summed E-state index contributed by atoms with van der Waals surface area (Å²) in [6.07, 6.45) is 54.3. The molecule has 0 aromatic rings. The first-order chi connectivity index (χ1) is 29.5. The van der Waals surface area contributed by atoms with Gasteiger partial charge in [0, 0.05) is 6.42 Å². The zero-order valence-corrected chi connectivity index (χ0v) is 40.6. The van der Waals surface area contributed by atoms with Gasteiger partial charge in [-0.15, -0.1) is 0 Å². The second-order valence-electron chi connectivity index (χ2n) is 18.6. The fourth-order valence-electron chi connectivity index (χ4n) is 8.47. The second-order valence-corrected chi connectivity index (χ2v) is 18.6. The molecule has 0 bridgehead atoms. The van der Waals surface area contributed by atoms with Crippen molar-refractivity contribution in [2.24, 2.45) is 0 Å². The third kappa shape index (κ3) is 43.3. The maximum atomic E-state index is 13.2. The molecule has 0 aliphatic carbocycles. The Balaban J connectivity index is 4.36. The number of aliphatic hydroxyl groups is 2. The smallest absolute Gasteiger partial charge is 0.306 e. The molecular weight excluding hydrogens is 743 g/mol. The fourth-order valence-corrected chi connectivity index (χ4v) is 8.47. The molecule has 0 aliphatic heterocycles. The summed E-state index contributed by atoms with van der Waals surface area (Å²) in [6, 6.07) is -0.699. The van der Waals surface area contributed by atoms with E-state index in [-0.39, 0.29) is 24.9 Å². The number of rotatable bonds is 49. The summed E-state index contributed by atoms with van der Waals surface area (Å²) in [5, 5.41) is 23.7. The van der Waals surface area contributed by atoms with Gasteiger partial charge in [-0.05, 0) is 44.9 Å². The van der Waals surface area contributed by atoms with Crippen LogP contribution in [0.1, 0.15) is 297 Å². The van der Waals surface area contributed by atoms with Gasteiger partial charge in [-0.1, -0.05) is 251 Å². The molecule has 3 unspecified atom stereocenters. The number of carbonyl (C=O) groups is 2. The predicted octanol–water partition coefficient (Wildman–Crippen LogP) is 16.1. The first kappa shape index (κ1) is 58.6. The van der Waals surface area contributed by atoms with E-state index in [2.05, 4.69) is 38.2 Å². The Labute approximate surface area is 374 Å². The molecule has 0 rings (SSSR count). The molecule has 0 radical (unpaired) electrons. The first-order valence-electron chi connectivity index (χ1n) is 26.9. The van der Waals surface area contributed by atoms with Crippen molar-refractivity contribution < 1.29 is 24.5 Å². The fraction of sp³-hybridized carbons (Fsp3) is 0.926. The van der Waals surface area contributed by atoms with Crippen LogP contribution in [0.25, 0.3) is 0 Å². The molecule has 0 fully saturated rings. The van der Waals surface area contributed by atoms with E-state index in [4.69, 9.17) is 4.74 Å². The van der Waals surface area contributed by atoms with E-state index in [0.29, 0.717) is 19.3 Å². The topological polar surface area (TPSA) is 95.9 Å². The summed E-state index contributed by atoms with van der Waals surface area (Å²) in [5.41, 5.74) is 0. The lowest BCUT2D eigenvalue weighted by Crippen LogP contribution is -2.46. The number of carbonyl (C=O) groups excluding carboxylic acids is 2. The predicted molar refractivity (Wildman–Crippen MR) is 260 cm³/mol. The number of allylic oxidation sites excluding steroid dienone is 2. The number of amides is 1. The summed E-state index contributed by atoms with van der Waals surface area (Å²) in [4.78, 5) is 26.1. The molecular formula is C54H105NO5. The number of hydrogen-bond donors (Lipinski definition) is 3. The van der Waals surface area contributed by atoms with Gasteiger partial charge in [0.1, 0.15) is 6.10 Å². The normalized spacial score (nSPS) is 13.2. The maximum Gasteiger partial charge on any atom is 0.306 e. The van der Waals surface area contributed by atoms with Crippen LogP contribution >= 0.6 is 0 Å². The third-order valence-corrected chi connectivity index (χ3v) is 12.6. The Kier molecular flexibility index (Phi) is 47.5. The number of esters is 1. The number of aliphatic hydroxyl groups excluding tert-OH is 2. The van der Waals surface area contributed by atoms with Crippen LogP contribution in [-0.4, -0.2) is 46.9 Å². The van der Waals surface area contributed by atoms with Gasteiger partial charge in [0.15, 0.2) is 0 Å². The van der Waals surface area contributed by atoms with Crippen molar-refractivity contribution in [2.75, 3.05) is 6.61 Å². The highest BCUT2D eigenvalue weighted by Gasteiger charge is 2.24. The van der Waals surface area contributed by atoms with Gasteiger partial charge in [-0.25, -0.2) is 0 Å². The summed E-state index contributed by atoms with van der Waals surface area (Å²) < 4.78 is 5.92. The van der Waals surface area contributed by atoms with Crippen molar-refractivity contribution in [3.63, 3.8) is 0 Å². The molecule has 0 heterocycles. The SMILES string of the molecule is CCCC/C=C\CCCCCC(CC(=O)NC(CO)C(O)CCCCCCCCCCCCCCC)OC(=O)CCCCCCCCCCCCCCCCCCCCC. The van der Waals surface area contributed by atoms with Crippen molar-refractivity contribution in [3.8, 4) is 0 Å². The van der Waals surface area contributed by atoms with E-state index < -0.39 is 18.2 Å². The lowest BCUT2D eigenvalue weighted by atomic mass is 10.0. The van der Waals surface area contributed by atoms with Gasteiger partial charge in [0.2, 0.25) is 5.91 Å². The van der Waals surface area contributed by atoms with Crippen molar-refractivity contribution in [3.05, 3.63) is 12.2 Å². The molecule has 6 nitrogen and oxygen atoms in total. The number of nitrogens with one attached hydrogen (secondary N) is 1. The van der Waals surface area contributed by atoms with Crippen LogP contribution in [0.5, 0.6) is 0 Å². The Bertz CT molecular complexity index is 909. The van der Waals surface area contributed by atoms with E-state index in [1.165, 1.54) is 186 Å². The van der Waals surface area contributed by atoms with Crippen LogP contribution in [0.2, 0.25) is 0 Å². The lowest BCUT2D eigenvalue weighted by molar-refractivity contribution is -0.151. The minimum atomic E-state index is -0.785. The molecule has 1 amide bonds. The molecule has 356 valence electrons. The monoisotopic (exact) mass is 848 g/mol. The van der Waals surface area contributed by atoms with Crippen LogP contribution in [0.4, 0.5) is 0 Å². The first-order valence-corrected chi connectivity index (χ1v) is 26.9. The highest BCUT2D eigenvalue weighted by molar-refractivity contribution is 5.77. The van der Waals surface area contributed by atoms with E-state index in [9.17, 15) is 19.8 Å². The molecule has 0 spiro atoms. The standard InChI is InChI=1S/C54H105NO5/c1-4-7-10-13-16-19-21-23-24-25-26-27-28-30-32-35-38-41-44-47-54(59)60-50(45-42-39-36-33-18-15-12-9-6-3)48-53(58)55-51(49-56)52(57)46-43-40-37-34-31-29-22-20-17-14-11-8-5-2/h15,18,50-52,56-57H,4-14,16-17,19-49H2,1-3H3,(H,55,58)/b18-15-. The van der Waals surface area contributed by atoms with Crippen LogP contribution in [-0.2, 0) is 14.3 Å². The molecule has 0 aliphatic rings. The molecule has 3 N–H and O–H groups in total. The van der Waals surface area contributed by atoms with Gasteiger partial charge in [-0.3, -0.25) is 9.59 Å². The van der Waals surface area contributed by atoms with Gasteiger partial charge in [0.05, 0.1) is 25.2 Å². The number of ether oxygens (including phenoxy) is 1. The van der Waals surface area contributed by atoms with Crippen LogP contribution in [0.15, 0.2) is 12.2 Å². The molecule has 0 aromatic carbocycles. The number of hydrogen-bond acceptors (Lipinski definition) is 5. The summed E-state index contributed by atoms with van der Waals surface area (Å²) in [7, 11) is 0. The minimum absolute atomic E-state index is 0.0732. The van der Waals surface area contributed by atoms with Gasteiger partial charge < -0.3 is 20.3 Å². The molecule has 0 saturated heterocycles. The highest BCUT2D eigenvalue weighted by Crippen LogP contribution is 2.18. The Morgan fingerprint density at radius 2 is 0.817 bits per heavy atom. The zero-order chi connectivity index (χ0) is 43.8. The van der Waals surface area contributed by atoms with Crippen molar-refractivity contribution in [1.29, 1.82) is 0 Å². The Hall–Kier alpha value is -1.40. The molecule has 0 saturated carbocycles. The second kappa shape index (κ2) is 48.6. The average Bonchev–Trinajstić information content (AvgIpc) is 3.24. The maximum absolute atomic E-state index is 13.2. The Morgan fingerprint density at radius 1 is 0.467 bits per heavy atom. The molecule has 0 aromatic heterocycles.